The number of hydrogen-bond acceptors (Lipinski definition) is 4. The van der Waals surface area contributed by atoms with E-state index in [1.54, 1.807) is 6.92 Å². The van der Waals surface area contributed by atoms with Gasteiger partial charge in [0.15, 0.2) is 5.65 Å². The van der Waals surface area contributed by atoms with Crippen LogP contribution in [0.15, 0.2) is 67.1 Å². The van der Waals surface area contributed by atoms with Gasteiger partial charge in [0.1, 0.15) is 0 Å². The fraction of sp³-hybridized carbons (Fsp3) is 0.333. The SMILES string of the molecule is CC(O)c1cccc(-c2cnn3cc(-c4ccc(CCN5CCCCC5)cc4)cnc23)c1. The van der Waals surface area contributed by atoms with Crippen molar-refractivity contribution in [3.63, 3.8) is 0 Å². The third-order valence-electron chi connectivity index (χ3n) is 6.49. The van der Waals surface area contributed by atoms with Crippen molar-refractivity contribution in [3.05, 3.63) is 78.2 Å². The molecule has 0 saturated carbocycles. The van der Waals surface area contributed by atoms with Crippen LogP contribution in [0, 0.1) is 0 Å². The van der Waals surface area contributed by atoms with E-state index in [1.165, 1.54) is 37.9 Å². The van der Waals surface area contributed by atoms with Crippen molar-refractivity contribution in [1.82, 2.24) is 19.5 Å². The molecule has 5 heteroatoms. The molecular weight excluding hydrogens is 396 g/mol. The minimum atomic E-state index is -0.501. The summed E-state index contributed by atoms with van der Waals surface area (Å²) < 4.78 is 1.84. The molecule has 2 aromatic carbocycles. The maximum atomic E-state index is 9.90. The van der Waals surface area contributed by atoms with E-state index in [4.69, 9.17) is 4.98 Å². The summed E-state index contributed by atoms with van der Waals surface area (Å²) in [5.74, 6) is 0. The number of rotatable bonds is 6. The van der Waals surface area contributed by atoms with E-state index in [-0.39, 0.29) is 0 Å². The van der Waals surface area contributed by atoms with Gasteiger partial charge in [0.2, 0.25) is 0 Å². The molecule has 4 aromatic rings. The predicted molar refractivity (Wildman–Crippen MR) is 128 cm³/mol. The van der Waals surface area contributed by atoms with E-state index in [9.17, 15) is 5.11 Å². The highest BCUT2D eigenvalue weighted by molar-refractivity contribution is 5.78. The zero-order chi connectivity index (χ0) is 21.9. The van der Waals surface area contributed by atoms with Gasteiger partial charge in [0.25, 0.3) is 0 Å². The first-order valence-electron chi connectivity index (χ1n) is 11.6. The summed E-state index contributed by atoms with van der Waals surface area (Å²) in [6, 6.07) is 16.8. The van der Waals surface area contributed by atoms with E-state index < -0.39 is 6.10 Å². The fourth-order valence-corrected chi connectivity index (χ4v) is 4.53. The van der Waals surface area contributed by atoms with Crippen molar-refractivity contribution < 1.29 is 5.11 Å². The Hall–Kier alpha value is -3.02. The van der Waals surface area contributed by atoms with Crippen molar-refractivity contribution in [1.29, 1.82) is 0 Å². The molecule has 1 N–H and O–H groups in total. The van der Waals surface area contributed by atoms with Crippen LogP contribution in [-0.2, 0) is 6.42 Å². The van der Waals surface area contributed by atoms with Crippen molar-refractivity contribution >= 4 is 5.65 Å². The van der Waals surface area contributed by atoms with Gasteiger partial charge >= 0.3 is 0 Å². The van der Waals surface area contributed by atoms with Crippen LogP contribution in [0.3, 0.4) is 0 Å². The second-order valence-corrected chi connectivity index (χ2v) is 8.82. The first-order valence-corrected chi connectivity index (χ1v) is 11.6. The smallest absolute Gasteiger partial charge is 0.162 e. The summed E-state index contributed by atoms with van der Waals surface area (Å²) in [6.45, 7) is 5.43. The second kappa shape index (κ2) is 9.23. The molecule has 0 aliphatic carbocycles. The number of fused-ring (bicyclic) bond motifs is 1. The molecule has 0 amide bonds. The average Bonchev–Trinajstić information content (AvgIpc) is 3.27. The third kappa shape index (κ3) is 4.45. The maximum Gasteiger partial charge on any atom is 0.162 e. The van der Waals surface area contributed by atoms with Crippen LogP contribution >= 0.6 is 0 Å². The highest BCUT2D eigenvalue weighted by atomic mass is 16.3. The summed E-state index contributed by atoms with van der Waals surface area (Å²) in [6.07, 6.45) is 10.5. The molecule has 1 aliphatic rings. The normalized spacial score (nSPS) is 15.8. The molecule has 164 valence electrons. The van der Waals surface area contributed by atoms with Crippen molar-refractivity contribution in [2.75, 3.05) is 19.6 Å². The van der Waals surface area contributed by atoms with Crippen molar-refractivity contribution in [2.45, 2.75) is 38.7 Å². The highest BCUT2D eigenvalue weighted by Crippen LogP contribution is 2.28. The van der Waals surface area contributed by atoms with Gasteiger partial charge in [-0.15, -0.1) is 0 Å². The van der Waals surface area contributed by atoms with Gasteiger partial charge in [-0.1, -0.05) is 48.9 Å². The lowest BCUT2D eigenvalue weighted by Crippen LogP contribution is -2.31. The molecular formula is C27H30N4O. The van der Waals surface area contributed by atoms with E-state index in [0.717, 1.165) is 46.4 Å². The lowest BCUT2D eigenvalue weighted by molar-refractivity contribution is 0.199. The van der Waals surface area contributed by atoms with Crippen LogP contribution in [-0.4, -0.2) is 44.2 Å². The van der Waals surface area contributed by atoms with Crippen LogP contribution in [0.25, 0.3) is 27.9 Å². The third-order valence-corrected chi connectivity index (χ3v) is 6.49. The van der Waals surface area contributed by atoms with E-state index in [1.807, 2.05) is 47.4 Å². The molecule has 5 nitrogen and oxygen atoms in total. The average molecular weight is 427 g/mol. The largest absolute Gasteiger partial charge is 0.389 e. The molecule has 5 rings (SSSR count). The summed E-state index contributed by atoms with van der Waals surface area (Å²) in [5, 5.41) is 14.4. The quantitative estimate of drug-likeness (QED) is 0.464. The maximum absolute atomic E-state index is 9.90. The van der Waals surface area contributed by atoms with Crippen LogP contribution < -0.4 is 0 Å². The van der Waals surface area contributed by atoms with Crippen LogP contribution in [0.1, 0.15) is 43.4 Å². The Labute approximate surface area is 189 Å². The van der Waals surface area contributed by atoms with Crippen LogP contribution in [0.2, 0.25) is 0 Å². The number of benzene rings is 2. The number of likely N-dealkylation sites (tertiary alicyclic amines) is 1. The Morgan fingerprint density at radius 3 is 2.53 bits per heavy atom. The molecule has 1 unspecified atom stereocenters. The number of piperidine rings is 1. The molecule has 1 atom stereocenters. The number of aliphatic hydroxyl groups is 1. The van der Waals surface area contributed by atoms with E-state index in [2.05, 4.69) is 34.3 Å². The fourth-order valence-electron chi connectivity index (χ4n) is 4.53. The first kappa shape index (κ1) is 20.9. The molecule has 1 fully saturated rings. The van der Waals surface area contributed by atoms with E-state index >= 15 is 0 Å². The Balaban J connectivity index is 1.33. The Bertz CT molecular complexity index is 1190. The van der Waals surface area contributed by atoms with Crippen molar-refractivity contribution in [2.24, 2.45) is 0 Å². The zero-order valence-corrected chi connectivity index (χ0v) is 18.6. The second-order valence-electron chi connectivity index (χ2n) is 8.82. The Kier molecular flexibility index (Phi) is 6.02. The minimum absolute atomic E-state index is 0.501. The lowest BCUT2D eigenvalue weighted by Gasteiger charge is -2.26. The summed E-state index contributed by atoms with van der Waals surface area (Å²) >= 11 is 0. The predicted octanol–water partition coefficient (Wildman–Crippen LogP) is 5.15. The summed E-state index contributed by atoms with van der Waals surface area (Å²) in [4.78, 5) is 7.30. The topological polar surface area (TPSA) is 53.7 Å². The minimum Gasteiger partial charge on any atom is -0.389 e. The molecule has 0 radical (unpaired) electrons. The summed E-state index contributed by atoms with van der Waals surface area (Å²) in [5.41, 5.74) is 7.26. The van der Waals surface area contributed by atoms with Gasteiger partial charge in [-0.3, -0.25) is 0 Å². The zero-order valence-electron chi connectivity index (χ0n) is 18.6. The van der Waals surface area contributed by atoms with Gasteiger partial charge in [0.05, 0.1) is 12.3 Å². The molecule has 2 aromatic heterocycles. The standard InChI is InChI=1S/C27H30N4O/c1-20(32)23-6-5-7-24(16-23)26-18-29-31-19-25(17-28-27(26)31)22-10-8-21(9-11-22)12-15-30-13-3-2-4-14-30/h5-11,16-20,32H,2-4,12-15H2,1H3. The number of aliphatic hydroxyl groups excluding tert-OH is 1. The molecule has 0 bridgehead atoms. The number of nitrogens with zero attached hydrogens (tertiary/aromatic N) is 4. The van der Waals surface area contributed by atoms with E-state index in [0.29, 0.717) is 0 Å². The van der Waals surface area contributed by atoms with Gasteiger partial charge in [-0.05, 0) is 67.6 Å². The molecule has 3 heterocycles. The van der Waals surface area contributed by atoms with Crippen molar-refractivity contribution in [3.8, 4) is 22.3 Å². The number of hydrogen-bond donors (Lipinski definition) is 1. The van der Waals surface area contributed by atoms with Crippen LogP contribution in [0.5, 0.6) is 0 Å². The molecule has 1 saturated heterocycles. The molecule has 1 aliphatic heterocycles. The van der Waals surface area contributed by atoms with Gasteiger partial charge in [-0.2, -0.15) is 5.10 Å². The van der Waals surface area contributed by atoms with Gasteiger partial charge in [-0.25, -0.2) is 9.50 Å². The highest BCUT2D eigenvalue weighted by Gasteiger charge is 2.12. The monoisotopic (exact) mass is 426 g/mol. The summed E-state index contributed by atoms with van der Waals surface area (Å²) in [7, 11) is 0. The van der Waals surface area contributed by atoms with Gasteiger partial charge in [0, 0.05) is 30.1 Å². The Morgan fingerprint density at radius 1 is 0.938 bits per heavy atom. The Morgan fingerprint density at radius 2 is 1.75 bits per heavy atom. The molecule has 32 heavy (non-hydrogen) atoms. The first-order chi connectivity index (χ1) is 15.7. The number of aromatic nitrogens is 3. The lowest BCUT2D eigenvalue weighted by atomic mass is 10.0. The van der Waals surface area contributed by atoms with Crippen LogP contribution in [0.4, 0.5) is 0 Å². The molecule has 0 spiro atoms. The van der Waals surface area contributed by atoms with Gasteiger partial charge < -0.3 is 10.0 Å².